The Morgan fingerprint density at radius 2 is 1.94 bits per heavy atom. The van der Waals surface area contributed by atoms with Crippen molar-refractivity contribution in [1.82, 2.24) is 9.88 Å². The maximum atomic E-state index is 11.7. The predicted octanol–water partition coefficient (Wildman–Crippen LogP) is 2.24. The van der Waals surface area contributed by atoms with Crippen molar-refractivity contribution in [1.29, 1.82) is 0 Å². The number of hydrogen-bond donors (Lipinski definition) is 0. The van der Waals surface area contributed by atoms with Gasteiger partial charge < -0.3 is 4.90 Å². The second-order valence-corrected chi connectivity index (χ2v) is 4.88. The summed E-state index contributed by atoms with van der Waals surface area (Å²) in [7, 11) is 3.44. The van der Waals surface area contributed by atoms with Gasteiger partial charge in [0.1, 0.15) is 4.88 Å². The molecule has 0 N–H and O–H groups in total. The molecule has 4 heteroatoms. The molecule has 2 rings (SSSR count). The van der Waals surface area contributed by atoms with E-state index in [1.54, 1.807) is 20.3 Å². The molecule has 0 saturated heterocycles. The summed E-state index contributed by atoms with van der Waals surface area (Å²) in [6, 6.07) is 9.70. The van der Waals surface area contributed by atoms with E-state index in [4.69, 9.17) is 0 Å². The fourth-order valence-electron chi connectivity index (χ4n) is 1.30. The van der Waals surface area contributed by atoms with Crippen molar-refractivity contribution < 1.29 is 4.79 Å². The number of benzene rings is 1. The van der Waals surface area contributed by atoms with Crippen molar-refractivity contribution in [2.45, 2.75) is 0 Å². The van der Waals surface area contributed by atoms with Gasteiger partial charge in [-0.2, -0.15) is 0 Å². The Labute approximate surface area is 110 Å². The number of carbonyl (C=O) groups is 1. The van der Waals surface area contributed by atoms with Gasteiger partial charge in [0.25, 0.3) is 5.91 Å². The molecule has 0 saturated carbocycles. The molecule has 0 fully saturated rings. The summed E-state index contributed by atoms with van der Waals surface area (Å²) in [5.41, 5.74) is 0.938. The molecule has 3 nitrogen and oxygen atoms in total. The number of carbonyl (C=O) groups excluding carboxylic acids is 1. The van der Waals surface area contributed by atoms with Crippen molar-refractivity contribution in [2.24, 2.45) is 0 Å². The first-order valence-electron chi connectivity index (χ1n) is 5.41. The van der Waals surface area contributed by atoms with Gasteiger partial charge in [-0.3, -0.25) is 4.79 Å². The molecule has 0 atom stereocenters. The van der Waals surface area contributed by atoms with E-state index in [0.717, 1.165) is 5.56 Å². The molecule has 0 aliphatic heterocycles. The predicted molar refractivity (Wildman–Crippen MR) is 72.6 cm³/mol. The molecule has 1 heterocycles. The minimum atomic E-state index is -0.0414. The van der Waals surface area contributed by atoms with Gasteiger partial charge in [0.2, 0.25) is 0 Å². The second kappa shape index (κ2) is 5.48. The van der Waals surface area contributed by atoms with Crippen molar-refractivity contribution in [3.05, 3.63) is 52.0 Å². The molecular weight excluding hydrogens is 244 g/mol. The van der Waals surface area contributed by atoms with Crippen LogP contribution < -0.4 is 0 Å². The lowest BCUT2D eigenvalue weighted by Crippen LogP contribution is -2.20. The summed E-state index contributed by atoms with van der Waals surface area (Å²) in [6.45, 7) is 0. The third kappa shape index (κ3) is 2.96. The van der Waals surface area contributed by atoms with Crippen LogP contribution in [0.2, 0.25) is 0 Å². The number of thiazole rings is 1. The Hall–Kier alpha value is -2.12. The zero-order chi connectivity index (χ0) is 13.0. The van der Waals surface area contributed by atoms with E-state index in [9.17, 15) is 4.79 Å². The summed E-state index contributed by atoms with van der Waals surface area (Å²) in [5, 5.41) is 0.657. The van der Waals surface area contributed by atoms with Crippen molar-refractivity contribution in [3.8, 4) is 11.8 Å². The molecule has 0 radical (unpaired) electrons. The van der Waals surface area contributed by atoms with Crippen LogP contribution in [0.15, 0.2) is 36.5 Å². The molecule has 0 bridgehead atoms. The zero-order valence-corrected chi connectivity index (χ0v) is 11.0. The van der Waals surface area contributed by atoms with Crippen LogP contribution in [0.4, 0.5) is 0 Å². The fourth-order valence-corrected chi connectivity index (χ4v) is 2.09. The Kier molecular flexibility index (Phi) is 3.75. The topological polar surface area (TPSA) is 33.2 Å². The van der Waals surface area contributed by atoms with Crippen LogP contribution >= 0.6 is 11.3 Å². The van der Waals surface area contributed by atoms with E-state index >= 15 is 0 Å². The summed E-state index contributed by atoms with van der Waals surface area (Å²) >= 11 is 1.31. The molecule has 1 aromatic heterocycles. The van der Waals surface area contributed by atoms with Gasteiger partial charge >= 0.3 is 0 Å². The normalized spacial score (nSPS) is 9.44. The molecule has 0 aliphatic rings. The monoisotopic (exact) mass is 256 g/mol. The Morgan fingerprint density at radius 1 is 1.22 bits per heavy atom. The Balaban J connectivity index is 2.17. The first-order chi connectivity index (χ1) is 8.66. The number of amides is 1. The lowest BCUT2D eigenvalue weighted by Gasteiger charge is -2.06. The SMILES string of the molecule is CN(C)C(=O)c1cnc(C#Cc2ccccc2)s1. The van der Waals surface area contributed by atoms with Crippen molar-refractivity contribution >= 4 is 17.2 Å². The molecule has 0 spiro atoms. The molecule has 90 valence electrons. The Bertz CT molecular complexity index is 605. The lowest BCUT2D eigenvalue weighted by atomic mass is 10.2. The largest absolute Gasteiger partial charge is 0.344 e. The highest BCUT2D eigenvalue weighted by Gasteiger charge is 2.11. The van der Waals surface area contributed by atoms with Gasteiger partial charge in [-0.25, -0.2) is 4.98 Å². The zero-order valence-electron chi connectivity index (χ0n) is 10.2. The third-order valence-corrected chi connectivity index (χ3v) is 3.11. The summed E-state index contributed by atoms with van der Waals surface area (Å²) in [5.74, 6) is 5.94. The van der Waals surface area contributed by atoms with Crippen LogP contribution in [0.5, 0.6) is 0 Å². The van der Waals surface area contributed by atoms with E-state index in [1.807, 2.05) is 30.3 Å². The minimum Gasteiger partial charge on any atom is -0.344 e. The molecule has 0 unspecified atom stereocenters. The van der Waals surface area contributed by atoms with E-state index in [2.05, 4.69) is 16.8 Å². The maximum absolute atomic E-state index is 11.7. The molecule has 1 aromatic carbocycles. The van der Waals surface area contributed by atoms with Crippen LogP contribution in [-0.2, 0) is 0 Å². The van der Waals surface area contributed by atoms with Crippen LogP contribution in [-0.4, -0.2) is 29.9 Å². The average Bonchev–Trinajstić information content (AvgIpc) is 2.85. The number of aromatic nitrogens is 1. The number of nitrogens with zero attached hydrogens (tertiary/aromatic N) is 2. The highest BCUT2D eigenvalue weighted by molar-refractivity contribution is 7.14. The number of rotatable bonds is 1. The van der Waals surface area contributed by atoms with Crippen LogP contribution in [0.1, 0.15) is 20.2 Å². The van der Waals surface area contributed by atoms with Gasteiger partial charge in [0, 0.05) is 19.7 Å². The van der Waals surface area contributed by atoms with Gasteiger partial charge in [0.05, 0.1) is 6.20 Å². The Morgan fingerprint density at radius 3 is 2.61 bits per heavy atom. The third-order valence-electron chi connectivity index (χ3n) is 2.21. The van der Waals surface area contributed by atoms with Crippen LogP contribution in [0.3, 0.4) is 0 Å². The van der Waals surface area contributed by atoms with Gasteiger partial charge in [-0.15, -0.1) is 11.3 Å². The van der Waals surface area contributed by atoms with Gasteiger partial charge in [-0.05, 0) is 18.1 Å². The highest BCUT2D eigenvalue weighted by atomic mass is 32.1. The number of hydrogen-bond acceptors (Lipinski definition) is 3. The molecule has 0 aliphatic carbocycles. The van der Waals surface area contributed by atoms with E-state index < -0.39 is 0 Å². The second-order valence-electron chi connectivity index (χ2n) is 3.85. The van der Waals surface area contributed by atoms with Gasteiger partial charge in [0.15, 0.2) is 5.01 Å². The standard InChI is InChI=1S/C14H12N2OS/c1-16(2)14(17)12-10-15-13(18-12)9-8-11-6-4-3-5-7-11/h3-7,10H,1-2H3. The smallest absolute Gasteiger partial charge is 0.265 e. The van der Waals surface area contributed by atoms with Crippen molar-refractivity contribution in [3.63, 3.8) is 0 Å². The molecule has 18 heavy (non-hydrogen) atoms. The van der Waals surface area contributed by atoms with E-state index in [0.29, 0.717) is 9.88 Å². The molecule has 2 aromatic rings. The lowest BCUT2D eigenvalue weighted by molar-refractivity contribution is 0.0832. The molecular formula is C14H12N2OS. The summed E-state index contributed by atoms with van der Waals surface area (Å²) in [4.78, 5) is 18.0. The van der Waals surface area contributed by atoms with Crippen LogP contribution in [0, 0.1) is 11.8 Å². The van der Waals surface area contributed by atoms with Crippen molar-refractivity contribution in [2.75, 3.05) is 14.1 Å². The average molecular weight is 256 g/mol. The quantitative estimate of drug-likeness (QED) is 0.733. The fraction of sp³-hybridized carbons (Fsp3) is 0.143. The first kappa shape index (κ1) is 12.3. The van der Waals surface area contributed by atoms with Gasteiger partial charge in [-0.1, -0.05) is 24.1 Å². The highest BCUT2D eigenvalue weighted by Crippen LogP contribution is 2.13. The summed E-state index contributed by atoms with van der Waals surface area (Å²) in [6.07, 6.45) is 1.57. The first-order valence-corrected chi connectivity index (χ1v) is 6.23. The van der Waals surface area contributed by atoms with Crippen LogP contribution in [0.25, 0.3) is 0 Å². The van der Waals surface area contributed by atoms with E-state index in [1.165, 1.54) is 16.2 Å². The van der Waals surface area contributed by atoms with E-state index in [-0.39, 0.29) is 5.91 Å². The minimum absolute atomic E-state index is 0.0414. The maximum Gasteiger partial charge on any atom is 0.265 e. The molecule has 1 amide bonds. The summed E-state index contributed by atoms with van der Waals surface area (Å²) < 4.78 is 0.